The number of thiazole rings is 1. The maximum absolute atomic E-state index is 12.1. The summed E-state index contributed by atoms with van der Waals surface area (Å²) in [5.41, 5.74) is 1.70. The molecule has 0 bridgehead atoms. The van der Waals surface area contributed by atoms with E-state index < -0.39 is 6.61 Å². The summed E-state index contributed by atoms with van der Waals surface area (Å²) in [4.78, 5) is 5.56. The number of methoxy groups -OCH3 is 1. The zero-order valence-corrected chi connectivity index (χ0v) is 12.5. The van der Waals surface area contributed by atoms with Gasteiger partial charge < -0.3 is 14.8 Å². The summed E-state index contributed by atoms with van der Waals surface area (Å²) in [7, 11) is 1.64. The first-order chi connectivity index (χ1) is 10.1. The van der Waals surface area contributed by atoms with Crippen LogP contribution in [0.3, 0.4) is 0 Å². The van der Waals surface area contributed by atoms with Crippen molar-refractivity contribution in [2.24, 2.45) is 0 Å². The van der Waals surface area contributed by atoms with Gasteiger partial charge in [0, 0.05) is 24.1 Å². The van der Waals surface area contributed by atoms with Gasteiger partial charge in [-0.15, -0.1) is 11.3 Å². The lowest BCUT2D eigenvalue weighted by atomic mass is 10.1. The number of aromatic nitrogens is 1. The van der Waals surface area contributed by atoms with E-state index in [4.69, 9.17) is 4.74 Å². The standard InChI is InChI=1S/C14H16F2N2O2S/c1-9-12(18-14(21-9)17-7-8-19-2)10-3-5-11(6-4-10)20-13(15)16/h3-6,13H,7-8H2,1-2H3,(H,17,18). The number of aryl methyl sites for hydroxylation is 1. The Morgan fingerprint density at radius 2 is 2.00 bits per heavy atom. The maximum Gasteiger partial charge on any atom is 0.387 e. The molecule has 21 heavy (non-hydrogen) atoms. The topological polar surface area (TPSA) is 43.4 Å². The fourth-order valence-corrected chi connectivity index (χ4v) is 2.66. The van der Waals surface area contributed by atoms with E-state index in [1.54, 1.807) is 30.6 Å². The normalized spacial score (nSPS) is 10.9. The summed E-state index contributed by atoms with van der Waals surface area (Å²) < 4.78 is 33.5. The number of halogens is 2. The molecule has 0 aliphatic rings. The second-order valence-electron chi connectivity index (χ2n) is 4.25. The molecule has 0 aliphatic carbocycles. The van der Waals surface area contributed by atoms with E-state index in [0.717, 1.165) is 21.3 Å². The van der Waals surface area contributed by atoms with Gasteiger partial charge in [0.15, 0.2) is 5.13 Å². The lowest BCUT2D eigenvalue weighted by molar-refractivity contribution is -0.0498. The van der Waals surface area contributed by atoms with Crippen LogP contribution in [-0.2, 0) is 4.74 Å². The number of benzene rings is 1. The second-order valence-corrected chi connectivity index (χ2v) is 5.45. The molecule has 0 atom stereocenters. The van der Waals surface area contributed by atoms with Gasteiger partial charge in [0.1, 0.15) is 5.75 Å². The van der Waals surface area contributed by atoms with Crippen LogP contribution in [0, 0.1) is 6.92 Å². The van der Waals surface area contributed by atoms with Crippen molar-refractivity contribution in [2.75, 3.05) is 25.6 Å². The third kappa shape index (κ3) is 4.37. The molecule has 1 aromatic carbocycles. The molecule has 2 rings (SSSR count). The highest BCUT2D eigenvalue weighted by Gasteiger charge is 2.10. The average Bonchev–Trinajstić information content (AvgIpc) is 2.80. The lowest BCUT2D eigenvalue weighted by Crippen LogP contribution is -2.07. The predicted molar refractivity (Wildman–Crippen MR) is 79.3 cm³/mol. The highest BCUT2D eigenvalue weighted by molar-refractivity contribution is 7.16. The van der Waals surface area contributed by atoms with Gasteiger partial charge in [-0.25, -0.2) is 4.98 Å². The number of nitrogens with zero attached hydrogens (tertiary/aromatic N) is 1. The van der Waals surface area contributed by atoms with Gasteiger partial charge in [-0.2, -0.15) is 8.78 Å². The minimum Gasteiger partial charge on any atom is -0.435 e. The molecule has 1 aromatic heterocycles. The molecule has 1 heterocycles. The Balaban J connectivity index is 2.10. The van der Waals surface area contributed by atoms with Gasteiger partial charge in [0.25, 0.3) is 0 Å². The van der Waals surface area contributed by atoms with E-state index in [-0.39, 0.29) is 5.75 Å². The third-order valence-corrected chi connectivity index (χ3v) is 3.66. The molecule has 4 nitrogen and oxygen atoms in total. The van der Waals surface area contributed by atoms with Gasteiger partial charge in [-0.05, 0) is 31.2 Å². The van der Waals surface area contributed by atoms with Crippen LogP contribution >= 0.6 is 11.3 Å². The molecule has 0 saturated carbocycles. The van der Waals surface area contributed by atoms with E-state index in [1.807, 2.05) is 6.92 Å². The van der Waals surface area contributed by atoms with Crippen molar-refractivity contribution in [3.05, 3.63) is 29.1 Å². The van der Waals surface area contributed by atoms with E-state index >= 15 is 0 Å². The van der Waals surface area contributed by atoms with Crippen LogP contribution < -0.4 is 10.1 Å². The van der Waals surface area contributed by atoms with Crippen LogP contribution in [-0.4, -0.2) is 31.9 Å². The van der Waals surface area contributed by atoms with Gasteiger partial charge in [-0.1, -0.05) is 0 Å². The van der Waals surface area contributed by atoms with Crippen LogP contribution in [0.25, 0.3) is 11.3 Å². The molecular formula is C14H16F2N2O2S. The Kier molecular flexibility index (Phi) is 5.46. The molecule has 0 saturated heterocycles. The minimum atomic E-state index is -2.81. The van der Waals surface area contributed by atoms with Crippen molar-refractivity contribution in [3.63, 3.8) is 0 Å². The van der Waals surface area contributed by atoms with Crippen molar-refractivity contribution in [1.29, 1.82) is 0 Å². The molecule has 0 unspecified atom stereocenters. The summed E-state index contributed by atoms with van der Waals surface area (Å²) in [5.74, 6) is 0.139. The third-order valence-electron chi connectivity index (χ3n) is 2.73. The van der Waals surface area contributed by atoms with Crippen LogP contribution in [0.4, 0.5) is 13.9 Å². The smallest absolute Gasteiger partial charge is 0.387 e. The number of anilines is 1. The van der Waals surface area contributed by atoms with Crippen molar-refractivity contribution < 1.29 is 18.3 Å². The molecule has 0 spiro atoms. The van der Waals surface area contributed by atoms with Crippen molar-refractivity contribution in [3.8, 4) is 17.0 Å². The van der Waals surface area contributed by atoms with Gasteiger partial charge >= 0.3 is 6.61 Å². The molecule has 0 amide bonds. The zero-order chi connectivity index (χ0) is 15.2. The van der Waals surface area contributed by atoms with Crippen molar-refractivity contribution >= 4 is 16.5 Å². The largest absolute Gasteiger partial charge is 0.435 e. The molecule has 2 aromatic rings. The number of nitrogens with one attached hydrogen (secondary N) is 1. The summed E-state index contributed by atoms with van der Waals surface area (Å²) in [5, 5.41) is 3.99. The van der Waals surface area contributed by atoms with Gasteiger partial charge in [-0.3, -0.25) is 0 Å². The number of rotatable bonds is 7. The number of hydrogen-bond donors (Lipinski definition) is 1. The Labute approximate surface area is 125 Å². The summed E-state index contributed by atoms with van der Waals surface area (Å²) >= 11 is 1.55. The molecule has 0 aliphatic heterocycles. The Morgan fingerprint density at radius 1 is 1.29 bits per heavy atom. The fourth-order valence-electron chi connectivity index (χ4n) is 1.79. The van der Waals surface area contributed by atoms with Crippen LogP contribution in [0.1, 0.15) is 4.88 Å². The SMILES string of the molecule is COCCNc1nc(-c2ccc(OC(F)F)cc2)c(C)s1. The van der Waals surface area contributed by atoms with E-state index in [1.165, 1.54) is 12.1 Å². The maximum atomic E-state index is 12.1. The lowest BCUT2D eigenvalue weighted by Gasteiger charge is -2.05. The minimum absolute atomic E-state index is 0.139. The Morgan fingerprint density at radius 3 is 2.62 bits per heavy atom. The summed E-state index contributed by atoms with van der Waals surface area (Å²) in [6, 6.07) is 6.47. The van der Waals surface area contributed by atoms with Crippen LogP contribution in [0.5, 0.6) is 5.75 Å². The Bertz CT molecular complexity index is 573. The number of ether oxygens (including phenoxy) is 2. The first-order valence-corrected chi connectivity index (χ1v) is 7.17. The predicted octanol–water partition coefficient (Wildman–Crippen LogP) is 3.78. The highest BCUT2D eigenvalue weighted by atomic mass is 32.1. The summed E-state index contributed by atoms with van der Waals surface area (Å²) in [6.45, 7) is 0.448. The van der Waals surface area contributed by atoms with E-state index in [0.29, 0.717) is 13.2 Å². The molecule has 7 heteroatoms. The first kappa shape index (κ1) is 15.7. The monoisotopic (exact) mass is 314 g/mol. The summed E-state index contributed by atoms with van der Waals surface area (Å²) in [6.07, 6.45) is 0. The molecule has 0 radical (unpaired) electrons. The van der Waals surface area contributed by atoms with E-state index in [2.05, 4.69) is 15.0 Å². The Hall–Kier alpha value is -1.73. The average molecular weight is 314 g/mol. The zero-order valence-electron chi connectivity index (χ0n) is 11.7. The van der Waals surface area contributed by atoms with E-state index in [9.17, 15) is 8.78 Å². The fraction of sp³-hybridized carbons (Fsp3) is 0.357. The van der Waals surface area contributed by atoms with Crippen LogP contribution in [0.2, 0.25) is 0 Å². The molecule has 0 fully saturated rings. The first-order valence-electron chi connectivity index (χ1n) is 6.35. The molecule has 114 valence electrons. The van der Waals surface area contributed by atoms with Crippen LogP contribution in [0.15, 0.2) is 24.3 Å². The second kappa shape index (κ2) is 7.33. The van der Waals surface area contributed by atoms with Gasteiger partial charge in [0.2, 0.25) is 0 Å². The van der Waals surface area contributed by atoms with Crippen molar-refractivity contribution in [1.82, 2.24) is 4.98 Å². The van der Waals surface area contributed by atoms with Crippen molar-refractivity contribution in [2.45, 2.75) is 13.5 Å². The van der Waals surface area contributed by atoms with Gasteiger partial charge in [0.05, 0.1) is 12.3 Å². The number of alkyl halides is 2. The highest BCUT2D eigenvalue weighted by Crippen LogP contribution is 2.31. The quantitative estimate of drug-likeness (QED) is 0.790. The number of hydrogen-bond acceptors (Lipinski definition) is 5. The molecular weight excluding hydrogens is 298 g/mol. The molecule has 1 N–H and O–H groups in total.